The zero-order chi connectivity index (χ0) is 19.3. The second-order valence-corrected chi connectivity index (χ2v) is 7.80. The van der Waals surface area contributed by atoms with Gasteiger partial charge in [-0.05, 0) is 55.3 Å². The Kier molecular flexibility index (Phi) is 4.10. The number of phenolic OH excluding ortho intramolecular Hbond substituents is 1. The van der Waals surface area contributed by atoms with Gasteiger partial charge in [0.15, 0.2) is 0 Å². The maximum absolute atomic E-state index is 12.3. The van der Waals surface area contributed by atoms with Crippen molar-refractivity contribution >= 4 is 16.8 Å². The first-order valence-electron chi connectivity index (χ1n) is 9.74. The summed E-state index contributed by atoms with van der Waals surface area (Å²) in [6, 6.07) is 11.8. The molecule has 0 bridgehead atoms. The van der Waals surface area contributed by atoms with Crippen LogP contribution in [0.3, 0.4) is 0 Å². The van der Waals surface area contributed by atoms with Crippen LogP contribution in [0.2, 0.25) is 0 Å². The third-order valence-corrected chi connectivity index (χ3v) is 5.80. The Morgan fingerprint density at radius 2 is 2.07 bits per heavy atom. The number of aromatic hydroxyl groups is 1. The van der Waals surface area contributed by atoms with Crippen molar-refractivity contribution in [3.05, 3.63) is 53.1 Å². The number of β-amino-alcohol motifs (C(OH)–C–C–N with tert-alkyl or cyclic N) is 1. The molecule has 3 heterocycles. The van der Waals surface area contributed by atoms with Gasteiger partial charge in [-0.15, -0.1) is 0 Å². The minimum absolute atomic E-state index is 0.149. The van der Waals surface area contributed by atoms with E-state index in [2.05, 4.69) is 39.5 Å². The highest BCUT2D eigenvalue weighted by Crippen LogP contribution is 2.35. The number of nitrogens with one attached hydrogen (secondary N) is 2. The number of likely N-dealkylation sites (tertiary alicyclic amines) is 1. The van der Waals surface area contributed by atoms with Gasteiger partial charge in [0.1, 0.15) is 5.75 Å². The van der Waals surface area contributed by atoms with Crippen LogP contribution in [0.25, 0.3) is 22.2 Å². The first-order valence-corrected chi connectivity index (χ1v) is 9.74. The summed E-state index contributed by atoms with van der Waals surface area (Å²) in [5.74, 6) is 0.00289. The molecule has 1 aromatic heterocycles. The number of fused-ring (bicyclic) bond motifs is 2. The van der Waals surface area contributed by atoms with E-state index in [1.54, 1.807) is 12.1 Å². The van der Waals surface area contributed by atoms with E-state index in [-0.39, 0.29) is 17.8 Å². The Bertz CT molecular complexity index is 1070. The number of phenols is 1. The Morgan fingerprint density at radius 3 is 2.93 bits per heavy atom. The fourth-order valence-electron chi connectivity index (χ4n) is 4.42. The largest absolute Gasteiger partial charge is 0.508 e. The molecule has 2 aromatic carbocycles. The van der Waals surface area contributed by atoms with Gasteiger partial charge in [0, 0.05) is 47.4 Å². The predicted octanol–water partition coefficient (Wildman–Crippen LogP) is 2.74. The maximum Gasteiger partial charge on any atom is 0.252 e. The predicted molar refractivity (Wildman–Crippen MR) is 107 cm³/mol. The smallest absolute Gasteiger partial charge is 0.252 e. The van der Waals surface area contributed by atoms with Crippen molar-refractivity contribution in [2.24, 2.45) is 0 Å². The van der Waals surface area contributed by atoms with Crippen LogP contribution in [0.4, 0.5) is 0 Å². The third kappa shape index (κ3) is 2.95. The highest BCUT2D eigenvalue weighted by atomic mass is 16.3. The van der Waals surface area contributed by atoms with Gasteiger partial charge in [0.2, 0.25) is 0 Å². The number of aromatic nitrogens is 1. The molecule has 6 nitrogen and oxygen atoms in total. The van der Waals surface area contributed by atoms with Crippen molar-refractivity contribution in [3.8, 4) is 17.0 Å². The number of amides is 1. The van der Waals surface area contributed by atoms with Gasteiger partial charge < -0.3 is 20.5 Å². The van der Waals surface area contributed by atoms with Crippen LogP contribution < -0.4 is 5.32 Å². The molecule has 5 rings (SSSR count). The molecule has 1 saturated heterocycles. The Hall–Kier alpha value is -2.83. The second kappa shape index (κ2) is 6.65. The fourth-order valence-corrected chi connectivity index (χ4v) is 4.42. The first kappa shape index (κ1) is 17.3. The zero-order valence-corrected chi connectivity index (χ0v) is 15.5. The van der Waals surface area contributed by atoms with Crippen molar-refractivity contribution in [2.45, 2.75) is 32.0 Å². The van der Waals surface area contributed by atoms with Crippen LogP contribution >= 0.6 is 0 Å². The van der Waals surface area contributed by atoms with E-state index in [1.165, 1.54) is 5.56 Å². The number of aromatic amines is 1. The van der Waals surface area contributed by atoms with Crippen LogP contribution in [0.1, 0.15) is 34.3 Å². The minimum Gasteiger partial charge on any atom is -0.508 e. The summed E-state index contributed by atoms with van der Waals surface area (Å²) in [4.78, 5) is 18.0. The van der Waals surface area contributed by atoms with E-state index >= 15 is 0 Å². The SMILES string of the molecule is O=C1NCc2c(O)ccc(-c3cc4cc(CN5CCCC(O)C5)ccc4[nH]3)c21. The molecule has 0 aliphatic carbocycles. The molecule has 0 radical (unpaired) electrons. The number of hydrogen-bond acceptors (Lipinski definition) is 4. The van der Waals surface area contributed by atoms with E-state index < -0.39 is 0 Å². The molecule has 3 aromatic rings. The van der Waals surface area contributed by atoms with Gasteiger partial charge in [-0.25, -0.2) is 0 Å². The molecule has 0 saturated carbocycles. The molecule has 2 aliphatic heterocycles. The molecule has 6 heteroatoms. The summed E-state index contributed by atoms with van der Waals surface area (Å²) in [5.41, 5.74) is 5.10. The number of nitrogens with zero attached hydrogens (tertiary/aromatic N) is 1. The molecule has 2 aliphatic rings. The molecule has 1 atom stereocenters. The van der Waals surface area contributed by atoms with Gasteiger partial charge in [0.05, 0.1) is 11.7 Å². The molecular weight excluding hydrogens is 354 g/mol. The standard InChI is InChI=1S/C22H23N3O3/c26-15-2-1-7-25(12-15)11-13-3-5-18-14(8-13)9-19(24-18)16-4-6-20(27)17-10-23-22(28)21(16)17/h3-6,8-9,15,24,26-27H,1-2,7,10-12H2,(H,23,28). The minimum atomic E-state index is -0.223. The third-order valence-electron chi connectivity index (χ3n) is 5.80. The van der Waals surface area contributed by atoms with Crippen LogP contribution in [0.5, 0.6) is 5.75 Å². The molecular formula is C22H23N3O3. The number of carbonyl (C=O) groups is 1. The van der Waals surface area contributed by atoms with Crippen LogP contribution in [0.15, 0.2) is 36.4 Å². The lowest BCUT2D eigenvalue weighted by molar-refractivity contribution is 0.0668. The van der Waals surface area contributed by atoms with E-state index in [0.29, 0.717) is 17.7 Å². The van der Waals surface area contributed by atoms with Crippen LogP contribution in [-0.2, 0) is 13.1 Å². The van der Waals surface area contributed by atoms with Crippen LogP contribution in [-0.4, -0.2) is 45.2 Å². The van der Waals surface area contributed by atoms with Gasteiger partial charge in [-0.1, -0.05) is 6.07 Å². The molecule has 144 valence electrons. The number of H-pyrrole nitrogens is 1. The van der Waals surface area contributed by atoms with Gasteiger partial charge in [-0.3, -0.25) is 9.69 Å². The number of piperidine rings is 1. The number of benzene rings is 2. The summed E-state index contributed by atoms with van der Waals surface area (Å²) >= 11 is 0. The summed E-state index contributed by atoms with van der Waals surface area (Å²) in [6.07, 6.45) is 1.70. The number of rotatable bonds is 3. The molecule has 28 heavy (non-hydrogen) atoms. The lowest BCUT2D eigenvalue weighted by atomic mass is 9.99. The Morgan fingerprint density at radius 1 is 1.18 bits per heavy atom. The van der Waals surface area contributed by atoms with Crippen molar-refractivity contribution in [3.63, 3.8) is 0 Å². The lowest BCUT2D eigenvalue weighted by Crippen LogP contribution is -2.37. The normalized spacial score (nSPS) is 19.8. The zero-order valence-electron chi connectivity index (χ0n) is 15.5. The Balaban J connectivity index is 1.48. The van der Waals surface area contributed by atoms with Gasteiger partial charge in [0.25, 0.3) is 5.91 Å². The Labute approximate surface area is 162 Å². The quantitative estimate of drug-likeness (QED) is 0.565. The van der Waals surface area contributed by atoms with Crippen molar-refractivity contribution in [2.75, 3.05) is 13.1 Å². The first-order chi connectivity index (χ1) is 13.6. The maximum atomic E-state index is 12.3. The summed E-state index contributed by atoms with van der Waals surface area (Å²) in [7, 11) is 0. The molecule has 1 unspecified atom stereocenters. The number of carbonyl (C=O) groups excluding carboxylic acids is 1. The number of hydrogen-bond donors (Lipinski definition) is 4. The lowest BCUT2D eigenvalue weighted by Gasteiger charge is -2.29. The molecule has 1 amide bonds. The topological polar surface area (TPSA) is 88.6 Å². The van der Waals surface area contributed by atoms with Gasteiger partial charge >= 0.3 is 0 Å². The van der Waals surface area contributed by atoms with Crippen molar-refractivity contribution in [1.29, 1.82) is 0 Å². The van der Waals surface area contributed by atoms with E-state index in [4.69, 9.17) is 0 Å². The van der Waals surface area contributed by atoms with Crippen LogP contribution in [0, 0.1) is 0 Å². The number of aliphatic hydroxyl groups is 1. The molecule has 0 spiro atoms. The van der Waals surface area contributed by atoms with Crippen molar-refractivity contribution in [1.82, 2.24) is 15.2 Å². The average molecular weight is 377 g/mol. The van der Waals surface area contributed by atoms with Crippen molar-refractivity contribution < 1.29 is 15.0 Å². The summed E-state index contributed by atoms with van der Waals surface area (Å²) < 4.78 is 0. The van der Waals surface area contributed by atoms with E-state index in [0.717, 1.165) is 54.6 Å². The highest BCUT2D eigenvalue weighted by molar-refractivity contribution is 6.05. The average Bonchev–Trinajstić information content (AvgIpc) is 3.26. The second-order valence-electron chi connectivity index (χ2n) is 7.80. The number of aliphatic hydroxyl groups excluding tert-OH is 1. The molecule has 1 fully saturated rings. The summed E-state index contributed by atoms with van der Waals surface area (Å²) in [5, 5.41) is 23.8. The molecule has 4 N–H and O–H groups in total. The fraction of sp³-hybridized carbons (Fsp3) is 0.318. The van der Waals surface area contributed by atoms with E-state index in [1.807, 2.05) is 0 Å². The van der Waals surface area contributed by atoms with Gasteiger partial charge in [-0.2, -0.15) is 0 Å². The van der Waals surface area contributed by atoms with E-state index in [9.17, 15) is 15.0 Å². The monoisotopic (exact) mass is 377 g/mol. The highest BCUT2D eigenvalue weighted by Gasteiger charge is 2.26. The summed E-state index contributed by atoms with van der Waals surface area (Å²) in [6.45, 7) is 2.93.